The summed E-state index contributed by atoms with van der Waals surface area (Å²) in [6.07, 6.45) is 1.97. The van der Waals surface area contributed by atoms with Crippen molar-refractivity contribution in [2.75, 3.05) is 0 Å². The summed E-state index contributed by atoms with van der Waals surface area (Å²) >= 11 is 1.82. The minimum Gasteiger partial charge on any atom is -0.295 e. The normalized spacial score (nSPS) is 12.2. The first-order valence-electron chi connectivity index (χ1n) is 19.3. The Morgan fingerprint density at radius 2 is 0.825 bits per heavy atom. The molecule has 0 saturated heterocycles. The monoisotopic (exact) mass is 745 g/mol. The van der Waals surface area contributed by atoms with Crippen molar-refractivity contribution in [3.8, 4) is 22.9 Å². The highest BCUT2D eigenvalue weighted by Gasteiger charge is 2.26. The molecule has 0 fully saturated rings. The second-order valence-corrected chi connectivity index (χ2v) is 15.8. The van der Waals surface area contributed by atoms with E-state index in [1.165, 1.54) is 63.5 Å². The fraction of sp³-hybridized carbons (Fsp3) is 0. The molecular weight excluding hydrogens is 715 g/mol. The van der Waals surface area contributed by atoms with Crippen LogP contribution in [0.2, 0.25) is 0 Å². The third kappa shape index (κ3) is 4.14. The highest BCUT2D eigenvalue weighted by Crippen LogP contribution is 2.46. The molecule has 6 heteroatoms. The van der Waals surface area contributed by atoms with Gasteiger partial charge in [-0.05, 0) is 72.8 Å². The lowest BCUT2D eigenvalue weighted by molar-refractivity contribution is 1.03. The van der Waals surface area contributed by atoms with Crippen LogP contribution in [0.3, 0.4) is 0 Å². The van der Waals surface area contributed by atoms with E-state index in [1.807, 2.05) is 17.5 Å². The van der Waals surface area contributed by atoms with E-state index >= 15 is 0 Å². The van der Waals surface area contributed by atoms with Crippen LogP contribution in [0.25, 0.3) is 109 Å². The standard InChI is InChI=1S/C51H31N5S/c1-3-15-32(16-4-1)53-41-23-11-7-20-37(41)46-38-21-8-12-24-42(38)55(50(46)53)34-27-28-44-40(31-34)47-39-22-9-13-25-43(39)56(51(47)54(44)33-17-5-2-6-18-33)49-48-36(29-30-52-49)35-19-10-14-26-45(35)57-48/h1-31H. The fourth-order valence-corrected chi connectivity index (χ4v) is 10.7. The molecule has 13 rings (SSSR count). The number of para-hydroxylation sites is 5. The number of rotatable bonds is 4. The number of thiophene rings is 1. The first-order chi connectivity index (χ1) is 28.3. The van der Waals surface area contributed by atoms with Crippen LogP contribution in [0.15, 0.2) is 188 Å². The molecule has 6 aromatic heterocycles. The summed E-state index contributed by atoms with van der Waals surface area (Å²) in [6.45, 7) is 0. The van der Waals surface area contributed by atoms with Gasteiger partial charge < -0.3 is 0 Å². The van der Waals surface area contributed by atoms with Crippen LogP contribution < -0.4 is 0 Å². The molecule has 57 heavy (non-hydrogen) atoms. The minimum atomic E-state index is 0.950. The summed E-state index contributed by atoms with van der Waals surface area (Å²) in [5.41, 5.74) is 10.3. The molecule has 6 heterocycles. The maximum atomic E-state index is 5.19. The number of pyridine rings is 1. The number of hydrogen-bond donors (Lipinski definition) is 0. The van der Waals surface area contributed by atoms with Crippen molar-refractivity contribution in [3.63, 3.8) is 0 Å². The quantitative estimate of drug-likeness (QED) is 0.177. The topological polar surface area (TPSA) is 32.6 Å². The van der Waals surface area contributed by atoms with Gasteiger partial charge in [-0.3, -0.25) is 18.3 Å². The lowest BCUT2D eigenvalue weighted by Gasteiger charge is -2.14. The fourth-order valence-electron chi connectivity index (χ4n) is 9.52. The summed E-state index contributed by atoms with van der Waals surface area (Å²) in [5.74, 6) is 0.950. The van der Waals surface area contributed by atoms with Gasteiger partial charge in [-0.1, -0.05) is 109 Å². The number of benzene rings is 7. The Morgan fingerprint density at radius 3 is 1.46 bits per heavy atom. The van der Waals surface area contributed by atoms with Gasteiger partial charge in [0, 0.05) is 71.0 Å². The van der Waals surface area contributed by atoms with E-state index in [4.69, 9.17) is 4.98 Å². The molecular formula is C51H31N5S. The number of fused-ring (bicyclic) bond motifs is 13. The maximum Gasteiger partial charge on any atom is 0.156 e. The molecule has 0 aliphatic carbocycles. The predicted octanol–water partition coefficient (Wildman–Crippen LogP) is 13.5. The van der Waals surface area contributed by atoms with E-state index < -0.39 is 0 Å². The molecule has 0 aliphatic rings. The van der Waals surface area contributed by atoms with Gasteiger partial charge in [-0.25, -0.2) is 4.98 Å². The molecule has 0 bridgehead atoms. The van der Waals surface area contributed by atoms with Gasteiger partial charge in [-0.2, -0.15) is 0 Å². The van der Waals surface area contributed by atoms with Crippen LogP contribution in [0.1, 0.15) is 0 Å². The minimum absolute atomic E-state index is 0.950. The Kier molecular flexibility index (Phi) is 6.26. The zero-order valence-corrected chi connectivity index (χ0v) is 31.4. The number of aromatic nitrogens is 5. The molecule has 0 spiro atoms. The Morgan fingerprint density at radius 1 is 0.351 bits per heavy atom. The van der Waals surface area contributed by atoms with Crippen molar-refractivity contribution in [1.29, 1.82) is 0 Å². The van der Waals surface area contributed by atoms with Crippen LogP contribution in [0, 0.1) is 0 Å². The van der Waals surface area contributed by atoms with Gasteiger partial charge in [0.25, 0.3) is 0 Å². The molecule has 0 saturated carbocycles. The first-order valence-corrected chi connectivity index (χ1v) is 20.1. The van der Waals surface area contributed by atoms with E-state index in [0.29, 0.717) is 0 Å². The molecule has 0 radical (unpaired) electrons. The number of hydrogen-bond acceptors (Lipinski definition) is 2. The second kappa shape index (κ2) is 11.6. The third-order valence-corrected chi connectivity index (χ3v) is 13.0. The molecule has 7 aromatic carbocycles. The van der Waals surface area contributed by atoms with Gasteiger partial charge in [-0.15, -0.1) is 11.3 Å². The smallest absolute Gasteiger partial charge is 0.156 e. The Labute approximate surface area is 330 Å². The Balaban J connectivity index is 1.20. The van der Waals surface area contributed by atoms with Crippen molar-refractivity contribution in [2.24, 2.45) is 0 Å². The molecule has 0 atom stereocenters. The third-order valence-electron chi connectivity index (χ3n) is 11.8. The van der Waals surface area contributed by atoms with E-state index in [2.05, 4.69) is 200 Å². The Hall–Kier alpha value is -7.41. The highest BCUT2D eigenvalue weighted by molar-refractivity contribution is 7.26. The van der Waals surface area contributed by atoms with E-state index in [9.17, 15) is 0 Å². The maximum absolute atomic E-state index is 5.19. The van der Waals surface area contributed by atoms with E-state index in [0.717, 1.165) is 45.2 Å². The summed E-state index contributed by atoms with van der Waals surface area (Å²) in [5, 5.41) is 9.84. The zero-order chi connectivity index (χ0) is 37.2. The second-order valence-electron chi connectivity index (χ2n) is 14.8. The SMILES string of the molecule is c1ccc(-n2c3ccccc3c3c4ccccc4n(-c4ccc5c(c4)c4c6ccccc6n(-c6nccc7c6sc6ccccc67)c4n5-c4ccccc4)c32)cc1. The van der Waals surface area contributed by atoms with Crippen LogP contribution in [-0.4, -0.2) is 23.3 Å². The van der Waals surface area contributed by atoms with Crippen molar-refractivity contribution in [1.82, 2.24) is 23.3 Å². The molecule has 0 amide bonds. The molecule has 266 valence electrons. The van der Waals surface area contributed by atoms with Crippen molar-refractivity contribution in [3.05, 3.63) is 188 Å². The zero-order valence-electron chi connectivity index (χ0n) is 30.5. The van der Waals surface area contributed by atoms with Gasteiger partial charge in [0.15, 0.2) is 5.82 Å². The average molecular weight is 746 g/mol. The van der Waals surface area contributed by atoms with Gasteiger partial charge in [0.2, 0.25) is 0 Å². The van der Waals surface area contributed by atoms with Gasteiger partial charge in [0.05, 0.1) is 26.8 Å². The van der Waals surface area contributed by atoms with Crippen LogP contribution in [0.5, 0.6) is 0 Å². The highest BCUT2D eigenvalue weighted by atomic mass is 32.1. The summed E-state index contributed by atoms with van der Waals surface area (Å²) in [7, 11) is 0. The number of nitrogens with zero attached hydrogens (tertiary/aromatic N) is 5. The van der Waals surface area contributed by atoms with Crippen molar-refractivity contribution < 1.29 is 0 Å². The molecule has 0 N–H and O–H groups in total. The summed E-state index contributed by atoms with van der Waals surface area (Å²) in [4.78, 5) is 5.19. The van der Waals surface area contributed by atoms with E-state index in [1.54, 1.807) is 0 Å². The van der Waals surface area contributed by atoms with Crippen molar-refractivity contribution >= 4 is 97.2 Å². The van der Waals surface area contributed by atoms with Crippen molar-refractivity contribution in [2.45, 2.75) is 0 Å². The van der Waals surface area contributed by atoms with Gasteiger partial charge >= 0.3 is 0 Å². The molecule has 0 aliphatic heterocycles. The first kappa shape index (κ1) is 30.9. The Bertz CT molecular complexity index is 3750. The molecule has 0 unspecified atom stereocenters. The molecule has 13 aromatic rings. The van der Waals surface area contributed by atoms with Crippen LogP contribution >= 0.6 is 11.3 Å². The molecule has 5 nitrogen and oxygen atoms in total. The summed E-state index contributed by atoms with van der Waals surface area (Å²) < 4.78 is 12.2. The lowest BCUT2D eigenvalue weighted by Crippen LogP contribution is -2.03. The average Bonchev–Trinajstić information content (AvgIpc) is 4.06. The van der Waals surface area contributed by atoms with Gasteiger partial charge in [0.1, 0.15) is 11.3 Å². The largest absolute Gasteiger partial charge is 0.295 e. The lowest BCUT2D eigenvalue weighted by atomic mass is 10.1. The predicted molar refractivity (Wildman–Crippen MR) is 239 cm³/mol. The van der Waals surface area contributed by atoms with E-state index in [-0.39, 0.29) is 0 Å². The van der Waals surface area contributed by atoms with Crippen LogP contribution in [0.4, 0.5) is 0 Å². The van der Waals surface area contributed by atoms with Crippen LogP contribution in [-0.2, 0) is 0 Å². The summed E-state index contributed by atoms with van der Waals surface area (Å²) in [6, 6.07) is 65.9.